The number of aliphatic hydroxyl groups is 1. The molecule has 0 aliphatic rings. The maximum atomic E-state index is 9.75. The van der Waals surface area contributed by atoms with Crippen molar-refractivity contribution in [2.24, 2.45) is 0 Å². The Hall–Kier alpha value is -0.158. The third-order valence-electron chi connectivity index (χ3n) is 0. The van der Waals surface area contributed by atoms with E-state index in [1.807, 2.05) is 0 Å². The molecule has 0 atom stereocenters. The molecule has 0 aromatic rings. The van der Waals surface area contributed by atoms with Gasteiger partial charge in [-0.15, -0.1) is 0 Å². The third kappa shape index (κ3) is 283000. The zero-order chi connectivity index (χ0) is 18.0. The van der Waals surface area contributed by atoms with Crippen LogP contribution in [0.4, 0.5) is 56.5 Å². The standard InChI is InChI=1S/C4H10O.3BF4.FH.Li.H/c1-4(2,3)5;3*2-1(3,4)5;;;/h5H,1-3H3;;;;1H;;/q;3*-1;;;. The molecule has 18 heteroatoms. The van der Waals surface area contributed by atoms with Crippen LogP contribution in [0.1, 0.15) is 20.8 Å². The molecule has 0 unspecified atom stereocenters. The van der Waals surface area contributed by atoms with Crippen molar-refractivity contribution in [3.63, 3.8) is 0 Å². The molecule has 0 bridgehead atoms. The predicted octanol–water partition coefficient (Wildman–Crippen LogP) is 4.18. The number of hydrogen-bond donors (Lipinski definition) is 1. The first kappa shape index (κ1) is 37.8. The van der Waals surface area contributed by atoms with Crippen molar-refractivity contribution in [3.05, 3.63) is 0 Å². The molecule has 1 N–H and O–H groups in total. The Labute approximate surface area is 129 Å². The van der Waals surface area contributed by atoms with Gasteiger partial charge in [-0.25, -0.2) is 0 Å². The molecule has 0 aromatic heterocycles. The van der Waals surface area contributed by atoms with E-state index in [4.69, 9.17) is 5.11 Å². The molecule has 0 heterocycles. The molecule has 0 amide bonds. The Morgan fingerprint density at radius 3 is 0.545 bits per heavy atom. The average molecular weight is 362 g/mol. The minimum absolute atomic E-state index is 0. The zero-order valence-corrected chi connectivity index (χ0v) is 10.6. The first-order valence-electron chi connectivity index (χ1n) is 4.34. The van der Waals surface area contributed by atoms with Gasteiger partial charge in [0.05, 0.1) is 5.60 Å². The van der Waals surface area contributed by atoms with E-state index in [2.05, 4.69) is 0 Å². The van der Waals surface area contributed by atoms with Crippen molar-refractivity contribution in [3.8, 4) is 0 Å². The summed E-state index contributed by atoms with van der Waals surface area (Å²) in [5.41, 5.74) is -0.500. The van der Waals surface area contributed by atoms with E-state index >= 15 is 0 Å². The fourth-order valence-electron chi connectivity index (χ4n) is 0. The maximum absolute atomic E-state index is 9.75. The molecule has 0 radical (unpaired) electrons. The summed E-state index contributed by atoms with van der Waals surface area (Å²) in [5.74, 6) is 0. The van der Waals surface area contributed by atoms with E-state index in [0.717, 1.165) is 0 Å². The fraction of sp³-hybridized carbons (Fsp3) is 1.00. The van der Waals surface area contributed by atoms with Crippen LogP contribution in [0.2, 0.25) is 0 Å². The molecule has 0 aromatic carbocycles. The van der Waals surface area contributed by atoms with Crippen LogP contribution in [-0.4, -0.2) is 51.3 Å². The summed E-state index contributed by atoms with van der Waals surface area (Å²) in [4.78, 5) is 0. The molecule has 0 rings (SSSR count). The predicted molar refractivity (Wildman–Crippen MR) is 62.2 cm³/mol. The zero-order valence-electron chi connectivity index (χ0n) is 10.6. The van der Waals surface area contributed by atoms with Crippen LogP contribution in [0.3, 0.4) is 0 Å². The van der Waals surface area contributed by atoms with Crippen LogP contribution in [0.25, 0.3) is 0 Å². The summed E-state index contributed by atoms with van der Waals surface area (Å²) < 4.78 is 117. The Morgan fingerprint density at radius 1 is 0.545 bits per heavy atom. The topological polar surface area (TPSA) is 20.2 Å². The molecular formula is C4H12B3F13LiO-3. The van der Waals surface area contributed by atoms with Gasteiger partial charge in [0.15, 0.2) is 0 Å². The van der Waals surface area contributed by atoms with Crippen LogP contribution in [-0.2, 0) is 0 Å². The van der Waals surface area contributed by atoms with Crippen molar-refractivity contribution < 1.29 is 61.6 Å². The molecule has 0 spiro atoms. The van der Waals surface area contributed by atoms with E-state index in [1.165, 1.54) is 0 Å². The van der Waals surface area contributed by atoms with Gasteiger partial charge in [-0.2, -0.15) is 0 Å². The Balaban J connectivity index is -0.0000000376. The quantitative estimate of drug-likeness (QED) is 0.506. The Kier molecular flexibility index (Phi) is 24.8. The van der Waals surface area contributed by atoms with Gasteiger partial charge in [-0.3, -0.25) is 4.70 Å². The average Bonchev–Trinajstić information content (AvgIpc) is 1.62. The summed E-state index contributed by atoms with van der Waals surface area (Å²) >= 11 is 0. The minimum atomic E-state index is -6.00. The van der Waals surface area contributed by atoms with E-state index in [-0.39, 0.29) is 23.6 Å². The van der Waals surface area contributed by atoms with E-state index in [1.54, 1.807) is 20.8 Å². The second-order valence-corrected chi connectivity index (χ2v) is 3.66. The van der Waals surface area contributed by atoms with Gasteiger partial charge in [0.1, 0.15) is 0 Å². The molecular weight excluding hydrogens is 350 g/mol. The summed E-state index contributed by atoms with van der Waals surface area (Å²) in [6.07, 6.45) is 0. The molecule has 0 aliphatic carbocycles. The first-order chi connectivity index (χ1) is 8.00. The second-order valence-electron chi connectivity index (χ2n) is 3.66. The molecule has 0 fully saturated rings. The molecule has 138 valence electrons. The van der Waals surface area contributed by atoms with E-state index in [0.29, 0.717) is 0 Å². The number of rotatable bonds is 0. The molecule has 22 heavy (non-hydrogen) atoms. The van der Waals surface area contributed by atoms with Crippen molar-refractivity contribution >= 4 is 40.6 Å². The van der Waals surface area contributed by atoms with Gasteiger partial charge in [-0.05, 0) is 20.8 Å². The van der Waals surface area contributed by atoms with Gasteiger partial charge in [0.2, 0.25) is 0 Å². The van der Waals surface area contributed by atoms with Gasteiger partial charge in [0, 0.05) is 0 Å². The molecule has 0 saturated carbocycles. The molecule has 0 saturated heterocycles. The van der Waals surface area contributed by atoms with Crippen LogP contribution in [0.15, 0.2) is 0 Å². The van der Waals surface area contributed by atoms with Crippen molar-refractivity contribution in [1.29, 1.82) is 0 Å². The number of hydrogen-bond acceptors (Lipinski definition) is 1. The number of halogens is 13. The Bertz CT molecular complexity index is 147. The van der Waals surface area contributed by atoms with Gasteiger partial charge in [-0.1, -0.05) is 0 Å². The molecule has 1 nitrogen and oxygen atoms in total. The van der Waals surface area contributed by atoms with Gasteiger partial charge in [0.25, 0.3) is 0 Å². The van der Waals surface area contributed by atoms with Gasteiger partial charge < -0.3 is 56.9 Å². The van der Waals surface area contributed by atoms with Crippen LogP contribution in [0.5, 0.6) is 0 Å². The monoisotopic (exact) mass is 363 g/mol. The third-order valence-corrected chi connectivity index (χ3v) is 0. The summed E-state index contributed by atoms with van der Waals surface area (Å²) in [6.45, 7) is 5.23. The van der Waals surface area contributed by atoms with Crippen molar-refractivity contribution in [2.75, 3.05) is 0 Å². The first-order valence-corrected chi connectivity index (χ1v) is 4.34. The Morgan fingerprint density at radius 2 is 0.545 bits per heavy atom. The van der Waals surface area contributed by atoms with Crippen LogP contribution in [0, 0.1) is 0 Å². The molecule has 0 aliphatic heterocycles. The van der Waals surface area contributed by atoms with Crippen molar-refractivity contribution in [2.45, 2.75) is 26.4 Å². The summed E-state index contributed by atoms with van der Waals surface area (Å²) in [7, 11) is -18.0. The normalized spacial score (nSPS) is 10.9. The fourth-order valence-corrected chi connectivity index (χ4v) is 0. The SMILES string of the molecule is CC(C)(C)O.F.F[B-](F)(F)F.F[B-](F)(F)F.F[B-](F)(F)F.[LiH]. The summed E-state index contributed by atoms with van der Waals surface area (Å²) in [6, 6.07) is 0. The summed E-state index contributed by atoms with van der Waals surface area (Å²) in [5, 5.41) is 8.52. The van der Waals surface area contributed by atoms with Crippen LogP contribution >= 0.6 is 0 Å². The van der Waals surface area contributed by atoms with E-state index in [9.17, 15) is 51.8 Å². The van der Waals surface area contributed by atoms with E-state index < -0.39 is 27.4 Å². The van der Waals surface area contributed by atoms with Crippen molar-refractivity contribution in [1.82, 2.24) is 0 Å². The van der Waals surface area contributed by atoms with Gasteiger partial charge >= 0.3 is 40.6 Å². The van der Waals surface area contributed by atoms with Crippen LogP contribution < -0.4 is 0 Å². The second kappa shape index (κ2) is 14.4.